The van der Waals surface area contributed by atoms with Gasteiger partial charge < -0.3 is 11.1 Å². The summed E-state index contributed by atoms with van der Waals surface area (Å²) in [5, 5.41) is 12.2. The van der Waals surface area contributed by atoms with Crippen LogP contribution < -0.4 is 11.1 Å². The second-order valence-electron chi connectivity index (χ2n) is 5.25. The number of hydrogen-bond acceptors (Lipinski definition) is 4. The fourth-order valence-corrected chi connectivity index (χ4v) is 2.70. The van der Waals surface area contributed by atoms with Crippen molar-refractivity contribution in [3.63, 3.8) is 0 Å². The van der Waals surface area contributed by atoms with Gasteiger partial charge >= 0.3 is 0 Å². The van der Waals surface area contributed by atoms with Gasteiger partial charge in [0.05, 0.1) is 11.3 Å². The standard InChI is InChI=1S/C14H20N4/c1-10-3-2-4-11(7-10)9-18-14-13(16)12(8-15)5-6-17-14/h5-6,10-11H,2-4,7,9,16H2,1H3,(H,17,18). The molecular formula is C14H20N4. The van der Waals surface area contributed by atoms with Gasteiger partial charge in [-0.1, -0.05) is 19.8 Å². The van der Waals surface area contributed by atoms with E-state index in [1.54, 1.807) is 12.3 Å². The van der Waals surface area contributed by atoms with Gasteiger partial charge in [0.15, 0.2) is 5.82 Å². The Kier molecular flexibility index (Phi) is 4.03. The van der Waals surface area contributed by atoms with Crippen LogP contribution in [-0.2, 0) is 0 Å². The summed E-state index contributed by atoms with van der Waals surface area (Å²) in [7, 11) is 0. The normalized spacial score (nSPS) is 23.3. The van der Waals surface area contributed by atoms with E-state index in [0.29, 0.717) is 23.0 Å². The number of anilines is 2. The molecule has 1 aliphatic carbocycles. The number of nitrogens with one attached hydrogen (secondary N) is 1. The Morgan fingerprint density at radius 3 is 3.11 bits per heavy atom. The van der Waals surface area contributed by atoms with Gasteiger partial charge in [0, 0.05) is 12.7 Å². The molecule has 1 heterocycles. The minimum absolute atomic E-state index is 0.462. The molecule has 3 N–H and O–H groups in total. The van der Waals surface area contributed by atoms with Crippen LogP contribution in [0.3, 0.4) is 0 Å². The first-order valence-corrected chi connectivity index (χ1v) is 6.59. The number of hydrogen-bond donors (Lipinski definition) is 2. The van der Waals surface area contributed by atoms with Crippen molar-refractivity contribution in [2.75, 3.05) is 17.6 Å². The maximum absolute atomic E-state index is 8.91. The monoisotopic (exact) mass is 244 g/mol. The van der Waals surface area contributed by atoms with Crippen LogP contribution in [0.1, 0.15) is 38.2 Å². The summed E-state index contributed by atoms with van der Waals surface area (Å²) in [6.45, 7) is 3.21. The molecule has 0 amide bonds. The van der Waals surface area contributed by atoms with Crippen molar-refractivity contribution < 1.29 is 0 Å². The lowest BCUT2D eigenvalue weighted by molar-refractivity contribution is 0.293. The lowest BCUT2D eigenvalue weighted by Gasteiger charge is -2.27. The number of nitriles is 1. The molecule has 0 spiro atoms. The minimum Gasteiger partial charge on any atom is -0.395 e. The van der Waals surface area contributed by atoms with Crippen LogP contribution in [0, 0.1) is 23.2 Å². The summed E-state index contributed by atoms with van der Waals surface area (Å²) in [6, 6.07) is 3.72. The van der Waals surface area contributed by atoms with Gasteiger partial charge in [0.2, 0.25) is 0 Å². The lowest BCUT2D eigenvalue weighted by atomic mass is 9.82. The molecule has 0 bridgehead atoms. The molecule has 0 saturated heterocycles. The summed E-state index contributed by atoms with van der Waals surface area (Å²) in [6.07, 6.45) is 6.83. The third kappa shape index (κ3) is 2.92. The van der Waals surface area contributed by atoms with E-state index in [4.69, 9.17) is 11.0 Å². The van der Waals surface area contributed by atoms with Gasteiger partial charge in [-0.25, -0.2) is 4.98 Å². The maximum atomic E-state index is 8.91. The van der Waals surface area contributed by atoms with Crippen LogP contribution in [0.15, 0.2) is 12.3 Å². The zero-order valence-electron chi connectivity index (χ0n) is 10.8. The van der Waals surface area contributed by atoms with E-state index in [9.17, 15) is 0 Å². The molecule has 0 radical (unpaired) electrons. The molecule has 2 unspecified atom stereocenters. The molecule has 18 heavy (non-hydrogen) atoms. The van der Waals surface area contributed by atoms with E-state index in [-0.39, 0.29) is 0 Å². The van der Waals surface area contributed by atoms with E-state index in [0.717, 1.165) is 12.5 Å². The van der Waals surface area contributed by atoms with Crippen LogP contribution in [0.25, 0.3) is 0 Å². The van der Waals surface area contributed by atoms with E-state index in [1.807, 2.05) is 0 Å². The van der Waals surface area contributed by atoms with Crippen molar-refractivity contribution in [1.82, 2.24) is 4.98 Å². The highest BCUT2D eigenvalue weighted by molar-refractivity contribution is 5.68. The zero-order valence-corrected chi connectivity index (χ0v) is 10.8. The zero-order chi connectivity index (χ0) is 13.0. The van der Waals surface area contributed by atoms with E-state index in [1.165, 1.54) is 25.7 Å². The summed E-state index contributed by atoms with van der Waals surface area (Å²) in [4.78, 5) is 4.20. The van der Waals surface area contributed by atoms with Crippen LogP contribution in [0.5, 0.6) is 0 Å². The summed E-state index contributed by atoms with van der Waals surface area (Å²) in [5.74, 6) is 2.16. The average Bonchev–Trinajstić information content (AvgIpc) is 2.38. The number of pyridine rings is 1. The van der Waals surface area contributed by atoms with Gasteiger partial charge in [-0.3, -0.25) is 0 Å². The second-order valence-corrected chi connectivity index (χ2v) is 5.25. The Hall–Kier alpha value is -1.76. The highest BCUT2D eigenvalue weighted by atomic mass is 15.0. The van der Waals surface area contributed by atoms with Gasteiger partial charge in [0.25, 0.3) is 0 Å². The first-order chi connectivity index (χ1) is 8.70. The number of nitrogen functional groups attached to an aromatic ring is 1. The predicted octanol–water partition coefficient (Wildman–Crippen LogP) is 2.77. The van der Waals surface area contributed by atoms with Crippen molar-refractivity contribution in [2.24, 2.45) is 11.8 Å². The van der Waals surface area contributed by atoms with Gasteiger partial charge in [-0.05, 0) is 30.7 Å². The summed E-state index contributed by atoms with van der Waals surface area (Å²) in [5.41, 5.74) is 6.84. The van der Waals surface area contributed by atoms with Crippen molar-refractivity contribution >= 4 is 11.5 Å². The fourth-order valence-electron chi connectivity index (χ4n) is 2.70. The van der Waals surface area contributed by atoms with Crippen LogP contribution in [0.2, 0.25) is 0 Å². The van der Waals surface area contributed by atoms with Crippen LogP contribution >= 0.6 is 0 Å². The molecule has 1 aromatic heterocycles. The molecule has 1 saturated carbocycles. The molecule has 1 fully saturated rings. The predicted molar refractivity (Wildman–Crippen MR) is 73.0 cm³/mol. The summed E-state index contributed by atoms with van der Waals surface area (Å²) >= 11 is 0. The number of nitrogens with two attached hydrogens (primary N) is 1. The van der Waals surface area contributed by atoms with Crippen LogP contribution in [-0.4, -0.2) is 11.5 Å². The van der Waals surface area contributed by atoms with Gasteiger partial charge in [0.1, 0.15) is 6.07 Å². The van der Waals surface area contributed by atoms with Crippen molar-refractivity contribution in [3.8, 4) is 6.07 Å². The molecule has 1 aromatic rings. The first kappa shape index (κ1) is 12.7. The Morgan fingerprint density at radius 1 is 1.56 bits per heavy atom. The highest BCUT2D eigenvalue weighted by Gasteiger charge is 2.19. The van der Waals surface area contributed by atoms with E-state index < -0.39 is 0 Å². The number of nitrogens with zero attached hydrogens (tertiary/aromatic N) is 2. The number of aromatic nitrogens is 1. The first-order valence-electron chi connectivity index (χ1n) is 6.59. The molecule has 2 atom stereocenters. The summed E-state index contributed by atoms with van der Waals surface area (Å²) < 4.78 is 0. The molecule has 2 rings (SSSR count). The molecule has 0 aliphatic heterocycles. The largest absolute Gasteiger partial charge is 0.395 e. The average molecular weight is 244 g/mol. The molecule has 0 aromatic carbocycles. The van der Waals surface area contributed by atoms with E-state index >= 15 is 0 Å². The smallest absolute Gasteiger partial charge is 0.150 e. The minimum atomic E-state index is 0.462. The Labute approximate surface area is 108 Å². The highest BCUT2D eigenvalue weighted by Crippen LogP contribution is 2.29. The van der Waals surface area contributed by atoms with Gasteiger partial charge in [-0.2, -0.15) is 5.26 Å². The van der Waals surface area contributed by atoms with Crippen molar-refractivity contribution in [2.45, 2.75) is 32.6 Å². The molecule has 1 aliphatic rings. The molecule has 96 valence electrons. The van der Waals surface area contributed by atoms with Crippen molar-refractivity contribution in [3.05, 3.63) is 17.8 Å². The third-order valence-corrected chi connectivity index (χ3v) is 3.71. The topological polar surface area (TPSA) is 74.7 Å². The fraction of sp³-hybridized carbons (Fsp3) is 0.571. The SMILES string of the molecule is CC1CCCC(CNc2nccc(C#N)c2N)C1. The quantitative estimate of drug-likeness (QED) is 0.857. The molecule has 4 nitrogen and oxygen atoms in total. The Morgan fingerprint density at radius 2 is 2.39 bits per heavy atom. The van der Waals surface area contributed by atoms with Crippen LogP contribution in [0.4, 0.5) is 11.5 Å². The lowest BCUT2D eigenvalue weighted by Crippen LogP contribution is -2.21. The maximum Gasteiger partial charge on any atom is 0.150 e. The molecule has 4 heteroatoms. The molecular weight excluding hydrogens is 224 g/mol. The van der Waals surface area contributed by atoms with Gasteiger partial charge in [-0.15, -0.1) is 0 Å². The second kappa shape index (κ2) is 5.72. The third-order valence-electron chi connectivity index (χ3n) is 3.71. The number of rotatable bonds is 3. The Bertz CT molecular complexity index is 450. The van der Waals surface area contributed by atoms with E-state index in [2.05, 4.69) is 23.3 Å². The Balaban J connectivity index is 1.96. The van der Waals surface area contributed by atoms with Crippen molar-refractivity contribution in [1.29, 1.82) is 5.26 Å².